The van der Waals surface area contributed by atoms with Crippen LogP contribution in [0.1, 0.15) is 50.3 Å². The second kappa shape index (κ2) is 7.46. The lowest BCUT2D eigenvalue weighted by Gasteiger charge is -2.21. The van der Waals surface area contributed by atoms with E-state index in [0.717, 1.165) is 12.4 Å². The van der Waals surface area contributed by atoms with Crippen LogP contribution < -0.4 is 10.5 Å². The molecule has 106 valence electrons. The summed E-state index contributed by atoms with van der Waals surface area (Å²) in [5.41, 5.74) is 6.09. The second-order valence-electron chi connectivity index (χ2n) is 5.32. The molecule has 1 heterocycles. The van der Waals surface area contributed by atoms with Crippen LogP contribution >= 0.6 is 0 Å². The number of nitrogens with two attached hydrogens (primary N) is 1. The summed E-state index contributed by atoms with van der Waals surface area (Å²) < 4.78 is 5.83. The van der Waals surface area contributed by atoms with Crippen LogP contribution in [0.3, 0.4) is 0 Å². The van der Waals surface area contributed by atoms with E-state index in [1.54, 1.807) is 6.20 Å². The van der Waals surface area contributed by atoms with Crippen LogP contribution in [0, 0.1) is 5.92 Å². The predicted octanol–water partition coefficient (Wildman–Crippen LogP) is 2.42. The van der Waals surface area contributed by atoms with E-state index >= 15 is 0 Å². The van der Waals surface area contributed by atoms with E-state index in [1.807, 2.05) is 12.1 Å². The summed E-state index contributed by atoms with van der Waals surface area (Å²) in [5.74, 6) is 1.48. The molecule has 2 rings (SSSR count). The zero-order valence-corrected chi connectivity index (χ0v) is 11.4. The number of rotatable bonds is 6. The van der Waals surface area contributed by atoms with Gasteiger partial charge in [0.05, 0.1) is 18.4 Å². The number of pyridine rings is 1. The van der Waals surface area contributed by atoms with Gasteiger partial charge in [0.1, 0.15) is 5.75 Å². The fraction of sp³-hybridized carbons (Fsp3) is 0.667. The van der Waals surface area contributed by atoms with E-state index < -0.39 is 6.10 Å². The average molecular weight is 264 g/mol. The van der Waals surface area contributed by atoms with Crippen molar-refractivity contribution in [2.45, 2.75) is 44.6 Å². The Hall–Kier alpha value is -1.13. The predicted molar refractivity (Wildman–Crippen MR) is 74.9 cm³/mol. The maximum atomic E-state index is 9.86. The summed E-state index contributed by atoms with van der Waals surface area (Å²) in [6, 6.07) is 3.67. The molecule has 1 saturated carbocycles. The smallest absolute Gasteiger partial charge is 0.122 e. The molecular weight excluding hydrogens is 240 g/mol. The average Bonchev–Trinajstić information content (AvgIpc) is 2.47. The van der Waals surface area contributed by atoms with Crippen LogP contribution in [0.4, 0.5) is 0 Å². The van der Waals surface area contributed by atoms with Crippen LogP contribution in [-0.4, -0.2) is 23.2 Å². The first-order valence-electron chi connectivity index (χ1n) is 7.26. The van der Waals surface area contributed by atoms with Crippen molar-refractivity contribution in [1.82, 2.24) is 4.98 Å². The minimum atomic E-state index is -0.594. The quantitative estimate of drug-likeness (QED) is 0.828. The zero-order chi connectivity index (χ0) is 13.5. The number of hydrogen-bond acceptors (Lipinski definition) is 4. The first-order chi connectivity index (χ1) is 9.29. The van der Waals surface area contributed by atoms with Crippen LogP contribution in [0.5, 0.6) is 5.75 Å². The highest BCUT2D eigenvalue weighted by Gasteiger charge is 2.14. The summed E-state index contributed by atoms with van der Waals surface area (Å²) in [4.78, 5) is 4.17. The minimum Gasteiger partial charge on any atom is -0.493 e. The SMILES string of the molecule is NCCC(O)c1cc(OCC2CCCCC2)ccn1. The Morgan fingerprint density at radius 2 is 2.16 bits per heavy atom. The molecule has 0 bridgehead atoms. The van der Waals surface area contributed by atoms with E-state index in [2.05, 4.69) is 4.98 Å². The summed E-state index contributed by atoms with van der Waals surface area (Å²) >= 11 is 0. The Balaban J connectivity index is 1.87. The van der Waals surface area contributed by atoms with Gasteiger partial charge in [0.25, 0.3) is 0 Å². The maximum absolute atomic E-state index is 9.86. The van der Waals surface area contributed by atoms with E-state index in [-0.39, 0.29) is 0 Å². The molecule has 1 aliphatic carbocycles. The monoisotopic (exact) mass is 264 g/mol. The Morgan fingerprint density at radius 3 is 2.89 bits per heavy atom. The molecule has 1 unspecified atom stereocenters. The van der Waals surface area contributed by atoms with Crippen molar-refractivity contribution in [3.8, 4) is 5.75 Å². The van der Waals surface area contributed by atoms with Gasteiger partial charge in [-0.05, 0) is 37.8 Å². The Labute approximate surface area is 115 Å². The van der Waals surface area contributed by atoms with Gasteiger partial charge in [-0.15, -0.1) is 0 Å². The molecule has 4 heteroatoms. The van der Waals surface area contributed by atoms with Crippen molar-refractivity contribution in [2.75, 3.05) is 13.2 Å². The summed E-state index contributed by atoms with van der Waals surface area (Å²) in [7, 11) is 0. The van der Waals surface area contributed by atoms with Gasteiger partial charge in [0, 0.05) is 12.3 Å². The Bertz CT molecular complexity index is 378. The van der Waals surface area contributed by atoms with E-state index in [0.29, 0.717) is 24.6 Å². The molecule has 4 nitrogen and oxygen atoms in total. The van der Waals surface area contributed by atoms with Crippen molar-refractivity contribution >= 4 is 0 Å². The molecule has 3 N–H and O–H groups in total. The van der Waals surface area contributed by atoms with Gasteiger partial charge in [-0.3, -0.25) is 4.98 Å². The normalized spacial score (nSPS) is 18.2. The molecule has 1 aromatic heterocycles. The Kier molecular flexibility index (Phi) is 5.61. The minimum absolute atomic E-state index is 0.454. The molecule has 1 aliphatic rings. The molecular formula is C15H24N2O2. The highest BCUT2D eigenvalue weighted by molar-refractivity contribution is 5.23. The van der Waals surface area contributed by atoms with E-state index in [4.69, 9.17) is 10.5 Å². The summed E-state index contributed by atoms with van der Waals surface area (Å²) in [6.45, 7) is 1.23. The van der Waals surface area contributed by atoms with Gasteiger partial charge >= 0.3 is 0 Å². The first kappa shape index (κ1) is 14.3. The van der Waals surface area contributed by atoms with Crippen molar-refractivity contribution in [3.05, 3.63) is 24.0 Å². The molecule has 1 fully saturated rings. The second-order valence-corrected chi connectivity index (χ2v) is 5.32. The molecule has 0 aromatic carbocycles. The van der Waals surface area contributed by atoms with Gasteiger partial charge in [0.2, 0.25) is 0 Å². The molecule has 0 spiro atoms. The number of nitrogens with zero attached hydrogens (tertiary/aromatic N) is 1. The summed E-state index contributed by atoms with van der Waals surface area (Å²) in [5, 5.41) is 9.86. The standard InChI is InChI=1S/C15H24N2O2/c16-8-6-15(18)14-10-13(7-9-17-14)19-11-12-4-2-1-3-5-12/h7,9-10,12,15,18H,1-6,8,11,16H2. The maximum Gasteiger partial charge on any atom is 0.122 e. The highest BCUT2D eigenvalue weighted by Crippen LogP contribution is 2.25. The van der Waals surface area contributed by atoms with Crippen molar-refractivity contribution in [2.24, 2.45) is 11.7 Å². The van der Waals surface area contributed by atoms with Gasteiger partial charge in [-0.2, -0.15) is 0 Å². The summed E-state index contributed by atoms with van der Waals surface area (Å²) in [6.07, 6.45) is 8.17. The first-order valence-corrected chi connectivity index (χ1v) is 7.26. The molecule has 0 aliphatic heterocycles. The third-order valence-corrected chi connectivity index (χ3v) is 3.74. The third kappa shape index (κ3) is 4.48. The number of hydrogen-bond donors (Lipinski definition) is 2. The van der Waals surface area contributed by atoms with Crippen LogP contribution in [0.25, 0.3) is 0 Å². The van der Waals surface area contributed by atoms with Gasteiger partial charge in [0.15, 0.2) is 0 Å². The molecule has 0 amide bonds. The fourth-order valence-electron chi connectivity index (χ4n) is 2.57. The van der Waals surface area contributed by atoms with Crippen LogP contribution in [0.15, 0.2) is 18.3 Å². The molecule has 1 atom stereocenters. The fourth-order valence-corrected chi connectivity index (χ4v) is 2.57. The number of aliphatic hydroxyl groups excluding tert-OH is 1. The van der Waals surface area contributed by atoms with E-state index in [9.17, 15) is 5.11 Å². The van der Waals surface area contributed by atoms with Crippen LogP contribution in [0.2, 0.25) is 0 Å². The van der Waals surface area contributed by atoms with Crippen LogP contribution in [-0.2, 0) is 0 Å². The highest BCUT2D eigenvalue weighted by atomic mass is 16.5. The lowest BCUT2D eigenvalue weighted by atomic mass is 9.90. The van der Waals surface area contributed by atoms with Gasteiger partial charge in [-0.25, -0.2) is 0 Å². The molecule has 19 heavy (non-hydrogen) atoms. The third-order valence-electron chi connectivity index (χ3n) is 3.74. The lowest BCUT2D eigenvalue weighted by molar-refractivity contribution is 0.164. The molecule has 1 aromatic rings. The number of aliphatic hydroxyl groups is 1. The lowest BCUT2D eigenvalue weighted by Crippen LogP contribution is -2.15. The van der Waals surface area contributed by atoms with Gasteiger partial charge in [-0.1, -0.05) is 19.3 Å². The number of aromatic nitrogens is 1. The van der Waals surface area contributed by atoms with Crippen molar-refractivity contribution in [3.63, 3.8) is 0 Å². The van der Waals surface area contributed by atoms with Gasteiger partial charge < -0.3 is 15.6 Å². The topological polar surface area (TPSA) is 68.4 Å². The molecule has 0 saturated heterocycles. The Morgan fingerprint density at radius 1 is 1.37 bits per heavy atom. The zero-order valence-electron chi connectivity index (χ0n) is 11.4. The van der Waals surface area contributed by atoms with Crippen molar-refractivity contribution < 1.29 is 9.84 Å². The molecule has 0 radical (unpaired) electrons. The largest absolute Gasteiger partial charge is 0.493 e. The van der Waals surface area contributed by atoms with E-state index in [1.165, 1.54) is 32.1 Å². The number of ether oxygens (including phenoxy) is 1. The van der Waals surface area contributed by atoms with Crippen molar-refractivity contribution in [1.29, 1.82) is 0 Å².